The second-order valence-electron chi connectivity index (χ2n) is 6.04. The van der Waals surface area contributed by atoms with Gasteiger partial charge in [-0.15, -0.1) is 0 Å². The summed E-state index contributed by atoms with van der Waals surface area (Å²) >= 11 is 0. The number of nitrogens with one attached hydrogen (secondary N) is 1. The van der Waals surface area contributed by atoms with Crippen molar-refractivity contribution < 1.29 is 9.47 Å². The fraction of sp³-hybridized carbons (Fsp3) is 1.00. The van der Waals surface area contributed by atoms with Crippen LogP contribution in [0.3, 0.4) is 0 Å². The van der Waals surface area contributed by atoms with Crippen LogP contribution in [0, 0.1) is 5.92 Å². The predicted molar refractivity (Wildman–Crippen MR) is 73.8 cm³/mol. The summed E-state index contributed by atoms with van der Waals surface area (Å²) in [7, 11) is 0. The molecule has 2 saturated heterocycles. The van der Waals surface area contributed by atoms with Gasteiger partial charge in [-0.2, -0.15) is 0 Å². The Morgan fingerprint density at radius 2 is 2.06 bits per heavy atom. The monoisotopic (exact) mass is 255 g/mol. The Morgan fingerprint density at radius 3 is 2.78 bits per heavy atom. The van der Waals surface area contributed by atoms with Crippen LogP contribution < -0.4 is 5.32 Å². The third-order valence-corrected chi connectivity index (χ3v) is 4.56. The second-order valence-corrected chi connectivity index (χ2v) is 6.04. The highest BCUT2D eigenvalue weighted by molar-refractivity contribution is 4.89. The molecule has 3 heteroatoms. The Bertz CT molecular complexity index is 233. The Morgan fingerprint density at radius 1 is 1.28 bits per heavy atom. The van der Waals surface area contributed by atoms with Gasteiger partial charge in [0, 0.05) is 25.9 Å². The van der Waals surface area contributed by atoms with Crippen LogP contribution in [0.15, 0.2) is 0 Å². The number of ether oxygens (including phenoxy) is 2. The van der Waals surface area contributed by atoms with Gasteiger partial charge < -0.3 is 14.8 Å². The summed E-state index contributed by atoms with van der Waals surface area (Å²) in [5.74, 6) is 0.859. The van der Waals surface area contributed by atoms with Crippen molar-refractivity contribution in [3.05, 3.63) is 0 Å². The van der Waals surface area contributed by atoms with Crippen LogP contribution in [-0.2, 0) is 9.47 Å². The van der Waals surface area contributed by atoms with Crippen LogP contribution in [0.25, 0.3) is 0 Å². The minimum absolute atomic E-state index is 0.169. The highest BCUT2D eigenvalue weighted by Crippen LogP contribution is 2.38. The molecular weight excluding hydrogens is 226 g/mol. The fourth-order valence-electron chi connectivity index (χ4n) is 3.40. The number of rotatable bonds is 5. The molecule has 0 aromatic carbocycles. The largest absolute Gasteiger partial charge is 0.381 e. The molecule has 2 atom stereocenters. The third-order valence-electron chi connectivity index (χ3n) is 4.56. The van der Waals surface area contributed by atoms with Gasteiger partial charge in [0.1, 0.15) is 0 Å². The third kappa shape index (κ3) is 3.94. The van der Waals surface area contributed by atoms with E-state index in [2.05, 4.69) is 19.2 Å². The zero-order chi connectivity index (χ0) is 12.8. The smallest absolute Gasteiger partial charge is 0.0729 e. The SMILES string of the molecule is CCNC(C)CCC1CCOC2(CCOCC2)C1. The quantitative estimate of drug-likeness (QED) is 0.819. The molecule has 0 aromatic heterocycles. The van der Waals surface area contributed by atoms with Gasteiger partial charge in [-0.3, -0.25) is 0 Å². The molecule has 2 rings (SSSR count). The van der Waals surface area contributed by atoms with E-state index in [0.717, 1.165) is 45.1 Å². The zero-order valence-corrected chi connectivity index (χ0v) is 12.0. The lowest BCUT2D eigenvalue weighted by molar-refractivity contribution is -0.147. The summed E-state index contributed by atoms with van der Waals surface area (Å²) in [5.41, 5.74) is 0.169. The summed E-state index contributed by atoms with van der Waals surface area (Å²) in [5, 5.41) is 3.50. The topological polar surface area (TPSA) is 30.5 Å². The van der Waals surface area contributed by atoms with Crippen molar-refractivity contribution in [3.63, 3.8) is 0 Å². The molecule has 2 aliphatic heterocycles. The van der Waals surface area contributed by atoms with Gasteiger partial charge >= 0.3 is 0 Å². The first-order valence-electron chi connectivity index (χ1n) is 7.69. The van der Waals surface area contributed by atoms with Crippen molar-refractivity contribution in [2.24, 2.45) is 5.92 Å². The standard InChI is InChI=1S/C15H29NO2/c1-3-16-13(2)4-5-14-6-9-18-15(12-14)7-10-17-11-8-15/h13-14,16H,3-12H2,1-2H3. The molecule has 106 valence electrons. The number of hydrogen-bond acceptors (Lipinski definition) is 3. The minimum Gasteiger partial charge on any atom is -0.381 e. The van der Waals surface area contributed by atoms with E-state index in [1.54, 1.807) is 0 Å². The molecule has 0 aliphatic carbocycles. The van der Waals surface area contributed by atoms with Gasteiger partial charge in [-0.1, -0.05) is 6.92 Å². The Balaban J connectivity index is 1.76. The van der Waals surface area contributed by atoms with Gasteiger partial charge in [-0.25, -0.2) is 0 Å². The normalized spacial score (nSPS) is 29.3. The van der Waals surface area contributed by atoms with E-state index in [9.17, 15) is 0 Å². The lowest BCUT2D eigenvalue weighted by atomic mass is 9.79. The van der Waals surface area contributed by atoms with Gasteiger partial charge in [-0.05, 0) is 57.9 Å². The van der Waals surface area contributed by atoms with Crippen molar-refractivity contribution in [2.45, 2.75) is 64.0 Å². The average molecular weight is 255 g/mol. The molecule has 2 heterocycles. The Kier molecular flexibility index (Phi) is 5.46. The number of hydrogen-bond donors (Lipinski definition) is 1. The highest BCUT2D eigenvalue weighted by atomic mass is 16.5. The van der Waals surface area contributed by atoms with Crippen LogP contribution in [0.4, 0.5) is 0 Å². The van der Waals surface area contributed by atoms with E-state index in [-0.39, 0.29) is 5.60 Å². The van der Waals surface area contributed by atoms with E-state index in [0.29, 0.717) is 6.04 Å². The van der Waals surface area contributed by atoms with Crippen LogP contribution in [0.2, 0.25) is 0 Å². The highest BCUT2D eigenvalue weighted by Gasteiger charge is 2.38. The van der Waals surface area contributed by atoms with Crippen LogP contribution >= 0.6 is 0 Å². The van der Waals surface area contributed by atoms with Crippen LogP contribution in [-0.4, -0.2) is 38.0 Å². The molecule has 1 N–H and O–H groups in total. The first kappa shape index (κ1) is 14.3. The summed E-state index contributed by atoms with van der Waals surface area (Å²) in [6, 6.07) is 0.656. The molecule has 0 saturated carbocycles. The van der Waals surface area contributed by atoms with E-state index in [1.807, 2.05) is 0 Å². The van der Waals surface area contributed by atoms with E-state index >= 15 is 0 Å². The molecule has 2 unspecified atom stereocenters. The maximum Gasteiger partial charge on any atom is 0.0729 e. The van der Waals surface area contributed by atoms with Crippen molar-refractivity contribution >= 4 is 0 Å². The molecule has 18 heavy (non-hydrogen) atoms. The summed E-state index contributed by atoms with van der Waals surface area (Å²) in [6.07, 6.45) is 7.36. The predicted octanol–water partition coefficient (Wildman–Crippen LogP) is 2.74. The minimum atomic E-state index is 0.169. The van der Waals surface area contributed by atoms with Crippen molar-refractivity contribution in [2.75, 3.05) is 26.4 Å². The van der Waals surface area contributed by atoms with E-state index in [4.69, 9.17) is 9.47 Å². The summed E-state index contributed by atoms with van der Waals surface area (Å²) < 4.78 is 11.6. The van der Waals surface area contributed by atoms with Crippen molar-refractivity contribution in [3.8, 4) is 0 Å². The molecular formula is C15H29NO2. The summed E-state index contributed by atoms with van der Waals surface area (Å²) in [4.78, 5) is 0. The van der Waals surface area contributed by atoms with Gasteiger partial charge in [0.2, 0.25) is 0 Å². The van der Waals surface area contributed by atoms with Crippen LogP contribution in [0.5, 0.6) is 0 Å². The molecule has 2 aliphatic rings. The first-order chi connectivity index (χ1) is 8.74. The van der Waals surface area contributed by atoms with Gasteiger partial charge in [0.15, 0.2) is 0 Å². The van der Waals surface area contributed by atoms with E-state index in [1.165, 1.54) is 25.7 Å². The lowest BCUT2D eigenvalue weighted by Gasteiger charge is -2.43. The fourth-order valence-corrected chi connectivity index (χ4v) is 3.40. The van der Waals surface area contributed by atoms with Gasteiger partial charge in [0.25, 0.3) is 0 Å². The molecule has 2 fully saturated rings. The van der Waals surface area contributed by atoms with Crippen LogP contribution in [0.1, 0.15) is 52.4 Å². The van der Waals surface area contributed by atoms with Gasteiger partial charge in [0.05, 0.1) is 5.60 Å². The Labute approximate surface area is 112 Å². The average Bonchev–Trinajstić information content (AvgIpc) is 2.38. The second kappa shape index (κ2) is 6.88. The zero-order valence-electron chi connectivity index (χ0n) is 12.0. The molecule has 0 amide bonds. The van der Waals surface area contributed by atoms with Crippen molar-refractivity contribution in [1.82, 2.24) is 5.32 Å². The first-order valence-corrected chi connectivity index (χ1v) is 7.69. The molecule has 0 bridgehead atoms. The molecule has 1 spiro atoms. The summed E-state index contributed by atoms with van der Waals surface area (Å²) in [6.45, 7) is 8.30. The van der Waals surface area contributed by atoms with Crippen molar-refractivity contribution in [1.29, 1.82) is 0 Å². The maximum atomic E-state index is 6.10. The Hall–Kier alpha value is -0.120. The molecule has 0 radical (unpaired) electrons. The maximum absolute atomic E-state index is 6.10. The lowest BCUT2D eigenvalue weighted by Crippen LogP contribution is -2.44. The molecule has 3 nitrogen and oxygen atoms in total. The molecule has 0 aromatic rings. The van der Waals surface area contributed by atoms with E-state index < -0.39 is 0 Å².